The number of halogens is 1. The van der Waals surface area contributed by atoms with E-state index in [1.807, 2.05) is 41.7 Å². The van der Waals surface area contributed by atoms with Gasteiger partial charge in [0.25, 0.3) is 11.5 Å². The van der Waals surface area contributed by atoms with Crippen LogP contribution in [0.3, 0.4) is 0 Å². The Kier molecular flexibility index (Phi) is 4.37. The minimum Gasteiger partial charge on any atom is -0.317 e. The van der Waals surface area contributed by atoms with Gasteiger partial charge >= 0.3 is 0 Å². The normalized spacial score (nSPS) is 15.6. The van der Waals surface area contributed by atoms with Gasteiger partial charge in [0, 0.05) is 29.2 Å². The molecule has 6 rings (SSSR count). The van der Waals surface area contributed by atoms with E-state index in [9.17, 15) is 9.59 Å². The molecule has 1 N–H and O–H groups in total. The summed E-state index contributed by atoms with van der Waals surface area (Å²) < 4.78 is 1.87. The van der Waals surface area contributed by atoms with Gasteiger partial charge in [-0.05, 0) is 73.1 Å². The van der Waals surface area contributed by atoms with Crippen molar-refractivity contribution in [2.45, 2.75) is 39.0 Å². The van der Waals surface area contributed by atoms with Crippen LogP contribution in [-0.2, 0) is 19.3 Å². The maximum atomic E-state index is 13.6. The molecule has 2 aromatic carbocycles. The number of aromatic nitrogens is 4. The average molecular weight is 448 g/mol. The van der Waals surface area contributed by atoms with Crippen molar-refractivity contribution in [1.29, 1.82) is 0 Å². The van der Waals surface area contributed by atoms with Crippen LogP contribution in [0.1, 0.15) is 47.1 Å². The van der Waals surface area contributed by atoms with Crippen molar-refractivity contribution >= 4 is 39.9 Å². The van der Waals surface area contributed by atoms with Gasteiger partial charge in [0.2, 0.25) is 5.65 Å². The molecule has 0 unspecified atom stereocenters. The molecule has 0 spiro atoms. The summed E-state index contributed by atoms with van der Waals surface area (Å²) >= 11 is 6.13. The third-order valence-corrected chi connectivity index (χ3v) is 6.84. The molecule has 0 saturated heterocycles. The summed E-state index contributed by atoms with van der Waals surface area (Å²) in [5.74, 6) is 1.37. The SMILES string of the molecule is CCc1cc2c(cc1C(=O)N1CCc3cc(Cl)ccc31)[nH]c(=O)c1nnc(CC3CC3)n12. The molecular formula is C24H22ClN5O2. The molecule has 7 nitrogen and oxygen atoms in total. The standard InChI is InChI=1S/C24H22ClN5O2/c1-2-14-11-20-18(26-23(31)22-28-27-21(30(20)22)9-13-3-4-13)12-17(14)24(32)29-8-7-15-10-16(25)5-6-19(15)29/h5-6,10-13H,2-4,7-9H2,1H3,(H,26,31). The molecule has 0 bridgehead atoms. The lowest BCUT2D eigenvalue weighted by atomic mass is 10.0. The zero-order valence-corrected chi connectivity index (χ0v) is 18.4. The third kappa shape index (κ3) is 3.03. The number of amides is 1. The number of anilines is 1. The van der Waals surface area contributed by atoms with Crippen LogP contribution in [0.5, 0.6) is 0 Å². The van der Waals surface area contributed by atoms with Gasteiger partial charge in [0.1, 0.15) is 5.82 Å². The van der Waals surface area contributed by atoms with Gasteiger partial charge in [0.15, 0.2) is 0 Å². The first kappa shape index (κ1) is 19.5. The molecule has 1 saturated carbocycles. The Morgan fingerprint density at radius 1 is 1.22 bits per heavy atom. The van der Waals surface area contributed by atoms with E-state index in [2.05, 4.69) is 15.2 Å². The maximum absolute atomic E-state index is 13.6. The van der Waals surface area contributed by atoms with E-state index < -0.39 is 0 Å². The molecular weight excluding hydrogens is 426 g/mol. The highest BCUT2D eigenvalue weighted by atomic mass is 35.5. The van der Waals surface area contributed by atoms with Gasteiger partial charge < -0.3 is 9.88 Å². The minimum atomic E-state index is -0.296. The third-order valence-electron chi connectivity index (χ3n) is 6.61. The van der Waals surface area contributed by atoms with Crippen LogP contribution in [0.4, 0.5) is 5.69 Å². The summed E-state index contributed by atoms with van der Waals surface area (Å²) in [4.78, 5) is 31.0. The lowest BCUT2D eigenvalue weighted by Gasteiger charge is -2.20. The molecule has 1 aliphatic heterocycles. The number of rotatable bonds is 4. The number of aromatic amines is 1. The van der Waals surface area contributed by atoms with Gasteiger partial charge in [-0.3, -0.25) is 14.0 Å². The van der Waals surface area contributed by atoms with Crippen molar-refractivity contribution in [1.82, 2.24) is 19.6 Å². The topological polar surface area (TPSA) is 83.4 Å². The van der Waals surface area contributed by atoms with Gasteiger partial charge in [0.05, 0.1) is 11.0 Å². The van der Waals surface area contributed by atoms with E-state index in [4.69, 9.17) is 11.6 Å². The molecule has 162 valence electrons. The fourth-order valence-corrected chi connectivity index (χ4v) is 4.94. The van der Waals surface area contributed by atoms with E-state index in [1.165, 1.54) is 12.8 Å². The van der Waals surface area contributed by atoms with Crippen LogP contribution < -0.4 is 10.5 Å². The zero-order valence-electron chi connectivity index (χ0n) is 17.7. The second-order valence-corrected chi connectivity index (χ2v) is 9.17. The fraction of sp³-hybridized carbons (Fsp3) is 0.333. The van der Waals surface area contributed by atoms with Crippen molar-refractivity contribution in [3.05, 3.63) is 68.2 Å². The quantitative estimate of drug-likeness (QED) is 0.513. The fourth-order valence-electron chi connectivity index (χ4n) is 4.74. The summed E-state index contributed by atoms with van der Waals surface area (Å²) in [5, 5.41) is 9.12. The van der Waals surface area contributed by atoms with E-state index in [0.717, 1.165) is 41.0 Å². The Morgan fingerprint density at radius 3 is 2.84 bits per heavy atom. The van der Waals surface area contributed by atoms with Crippen LogP contribution >= 0.6 is 11.6 Å². The number of nitrogens with one attached hydrogen (secondary N) is 1. The van der Waals surface area contributed by atoms with E-state index in [-0.39, 0.29) is 11.5 Å². The highest BCUT2D eigenvalue weighted by Crippen LogP contribution is 2.34. The predicted molar refractivity (Wildman–Crippen MR) is 124 cm³/mol. The number of hydrogen-bond donors (Lipinski definition) is 1. The number of hydrogen-bond acceptors (Lipinski definition) is 4. The Balaban J connectivity index is 1.50. The van der Waals surface area contributed by atoms with Crippen LogP contribution in [0.2, 0.25) is 5.02 Å². The maximum Gasteiger partial charge on any atom is 0.294 e. The molecule has 0 radical (unpaired) electrons. The molecule has 2 aliphatic rings. The number of nitrogens with zero attached hydrogens (tertiary/aromatic N) is 4. The Morgan fingerprint density at radius 2 is 2.06 bits per heavy atom. The minimum absolute atomic E-state index is 0.0623. The Bertz CT molecular complexity index is 1470. The van der Waals surface area contributed by atoms with E-state index in [1.54, 1.807) is 4.90 Å². The molecule has 0 atom stereocenters. The molecule has 1 aliphatic carbocycles. The summed E-state index contributed by atoms with van der Waals surface area (Å²) in [6.45, 7) is 2.65. The van der Waals surface area contributed by atoms with Crippen LogP contribution in [-0.4, -0.2) is 32.0 Å². The lowest BCUT2D eigenvalue weighted by molar-refractivity contribution is 0.0988. The average Bonchev–Trinajstić information content (AvgIpc) is 3.35. The molecule has 1 fully saturated rings. The largest absolute Gasteiger partial charge is 0.317 e. The van der Waals surface area contributed by atoms with Crippen molar-refractivity contribution < 1.29 is 4.79 Å². The van der Waals surface area contributed by atoms with Crippen molar-refractivity contribution in [3.63, 3.8) is 0 Å². The van der Waals surface area contributed by atoms with Gasteiger partial charge in [-0.25, -0.2) is 0 Å². The Hall–Kier alpha value is -3.19. The van der Waals surface area contributed by atoms with Gasteiger partial charge in [-0.2, -0.15) is 0 Å². The molecule has 8 heteroatoms. The lowest BCUT2D eigenvalue weighted by Crippen LogP contribution is -2.30. The van der Waals surface area contributed by atoms with E-state index >= 15 is 0 Å². The van der Waals surface area contributed by atoms with Crippen molar-refractivity contribution in [3.8, 4) is 0 Å². The first-order chi connectivity index (χ1) is 15.5. The summed E-state index contributed by atoms with van der Waals surface area (Å²) in [5.41, 5.74) is 4.98. The highest BCUT2D eigenvalue weighted by molar-refractivity contribution is 6.30. The monoisotopic (exact) mass is 447 g/mol. The number of fused-ring (bicyclic) bond motifs is 4. The predicted octanol–water partition coefficient (Wildman–Crippen LogP) is 3.94. The first-order valence-electron chi connectivity index (χ1n) is 11.1. The molecule has 1 amide bonds. The number of aryl methyl sites for hydroxylation is 1. The molecule has 32 heavy (non-hydrogen) atoms. The Labute approximate surface area is 189 Å². The zero-order chi connectivity index (χ0) is 22.0. The highest BCUT2D eigenvalue weighted by Gasteiger charge is 2.28. The van der Waals surface area contributed by atoms with Gasteiger partial charge in [-0.1, -0.05) is 18.5 Å². The van der Waals surface area contributed by atoms with Crippen LogP contribution in [0, 0.1) is 5.92 Å². The summed E-state index contributed by atoms with van der Waals surface area (Å²) in [6, 6.07) is 9.46. The second kappa shape index (κ2) is 7.17. The summed E-state index contributed by atoms with van der Waals surface area (Å²) in [6.07, 6.45) is 4.67. The number of carbonyl (C=O) groups is 1. The molecule has 4 aromatic rings. The second-order valence-electron chi connectivity index (χ2n) is 8.74. The first-order valence-corrected chi connectivity index (χ1v) is 11.4. The smallest absolute Gasteiger partial charge is 0.294 e. The molecule has 2 aromatic heterocycles. The van der Waals surface area contributed by atoms with Crippen LogP contribution in [0.25, 0.3) is 16.7 Å². The summed E-state index contributed by atoms with van der Waals surface area (Å²) in [7, 11) is 0. The van der Waals surface area contributed by atoms with Crippen molar-refractivity contribution in [2.24, 2.45) is 5.92 Å². The number of H-pyrrole nitrogens is 1. The molecule has 3 heterocycles. The number of carbonyl (C=O) groups excluding carboxylic acids is 1. The number of benzene rings is 2. The van der Waals surface area contributed by atoms with Crippen molar-refractivity contribution in [2.75, 3.05) is 11.4 Å². The van der Waals surface area contributed by atoms with E-state index in [0.29, 0.717) is 40.6 Å². The van der Waals surface area contributed by atoms with Gasteiger partial charge in [-0.15, -0.1) is 10.2 Å². The van der Waals surface area contributed by atoms with Crippen LogP contribution in [0.15, 0.2) is 35.1 Å².